The first kappa shape index (κ1) is 13.6. The molecule has 0 amide bonds. The Hall–Kier alpha value is -1.39. The molecule has 1 aromatic carbocycles. The number of aromatic nitrogens is 1. The van der Waals surface area contributed by atoms with Crippen LogP contribution in [0.25, 0.3) is 0 Å². The van der Waals surface area contributed by atoms with E-state index >= 15 is 0 Å². The Morgan fingerprint density at radius 1 is 1.40 bits per heavy atom. The Kier molecular flexibility index (Phi) is 4.33. The Morgan fingerprint density at radius 3 is 3.15 bits per heavy atom. The standard InChI is InChI=1S/C16H21N3S/c1-2-14-10-19-16(20-14)11-17-8-12-7-13-5-3-4-6-15(13)18-9-12/h3-6,10,12,17-18H,2,7-9,11H2,1H3. The highest BCUT2D eigenvalue weighted by Crippen LogP contribution is 2.23. The third-order valence-corrected chi connectivity index (χ3v) is 4.91. The molecule has 0 fully saturated rings. The fraction of sp³-hybridized carbons (Fsp3) is 0.438. The number of benzene rings is 1. The minimum absolute atomic E-state index is 0.663. The Morgan fingerprint density at radius 2 is 2.30 bits per heavy atom. The van der Waals surface area contributed by atoms with Gasteiger partial charge in [-0.3, -0.25) is 0 Å². The van der Waals surface area contributed by atoms with Crippen molar-refractivity contribution in [2.45, 2.75) is 26.3 Å². The second kappa shape index (κ2) is 6.37. The fourth-order valence-electron chi connectivity index (χ4n) is 2.63. The van der Waals surface area contributed by atoms with Gasteiger partial charge < -0.3 is 10.6 Å². The fourth-order valence-corrected chi connectivity index (χ4v) is 3.46. The number of thiazole rings is 1. The van der Waals surface area contributed by atoms with E-state index in [-0.39, 0.29) is 0 Å². The van der Waals surface area contributed by atoms with Crippen molar-refractivity contribution in [1.29, 1.82) is 0 Å². The predicted molar refractivity (Wildman–Crippen MR) is 85.3 cm³/mol. The van der Waals surface area contributed by atoms with Crippen LogP contribution in [0, 0.1) is 5.92 Å². The molecule has 0 aliphatic carbocycles. The van der Waals surface area contributed by atoms with Crippen LogP contribution in [-0.4, -0.2) is 18.1 Å². The lowest BCUT2D eigenvalue weighted by Crippen LogP contribution is -2.32. The lowest BCUT2D eigenvalue weighted by atomic mass is 9.94. The van der Waals surface area contributed by atoms with Gasteiger partial charge in [0.2, 0.25) is 0 Å². The van der Waals surface area contributed by atoms with Gasteiger partial charge in [0, 0.05) is 36.4 Å². The average molecular weight is 287 g/mol. The van der Waals surface area contributed by atoms with Gasteiger partial charge in [0.05, 0.1) is 0 Å². The molecule has 0 saturated heterocycles. The van der Waals surface area contributed by atoms with Gasteiger partial charge in [-0.2, -0.15) is 0 Å². The number of rotatable bonds is 5. The van der Waals surface area contributed by atoms with Gasteiger partial charge in [0.1, 0.15) is 5.01 Å². The molecule has 3 nitrogen and oxygen atoms in total. The molecule has 1 atom stereocenters. The van der Waals surface area contributed by atoms with Gasteiger partial charge in [-0.25, -0.2) is 4.98 Å². The van der Waals surface area contributed by atoms with Crippen molar-refractivity contribution in [2.75, 3.05) is 18.4 Å². The number of hydrogen-bond acceptors (Lipinski definition) is 4. The molecule has 1 aliphatic rings. The number of nitrogens with one attached hydrogen (secondary N) is 2. The smallest absolute Gasteiger partial charge is 0.107 e. The predicted octanol–water partition coefficient (Wildman–Crippen LogP) is 3.08. The molecular weight excluding hydrogens is 266 g/mol. The summed E-state index contributed by atoms with van der Waals surface area (Å²) in [6.45, 7) is 5.17. The summed E-state index contributed by atoms with van der Waals surface area (Å²) in [6.07, 6.45) is 4.25. The Balaban J connectivity index is 1.48. The van der Waals surface area contributed by atoms with Gasteiger partial charge in [-0.1, -0.05) is 25.1 Å². The highest BCUT2D eigenvalue weighted by Gasteiger charge is 2.17. The van der Waals surface area contributed by atoms with Crippen molar-refractivity contribution >= 4 is 17.0 Å². The van der Waals surface area contributed by atoms with E-state index in [1.54, 1.807) is 0 Å². The second-order valence-corrected chi connectivity index (χ2v) is 6.51. The van der Waals surface area contributed by atoms with Crippen molar-refractivity contribution in [1.82, 2.24) is 10.3 Å². The molecule has 1 aromatic heterocycles. The molecular formula is C16H21N3S. The third kappa shape index (κ3) is 3.19. The van der Waals surface area contributed by atoms with Gasteiger partial charge >= 0.3 is 0 Å². The average Bonchev–Trinajstić information content (AvgIpc) is 2.95. The van der Waals surface area contributed by atoms with Gasteiger partial charge in [-0.15, -0.1) is 11.3 Å². The van der Waals surface area contributed by atoms with Crippen LogP contribution in [0.1, 0.15) is 22.4 Å². The highest BCUT2D eigenvalue weighted by atomic mass is 32.1. The van der Waals surface area contributed by atoms with Crippen LogP contribution in [0.3, 0.4) is 0 Å². The lowest BCUT2D eigenvalue weighted by Gasteiger charge is -2.26. The van der Waals surface area contributed by atoms with Crippen LogP contribution < -0.4 is 10.6 Å². The molecule has 0 bridgehead atoms. The first-order chi connectivity index (χ1) is 9.85. The molecule has 2 heterocycles. The minimum Gasteiger partial charge on any atom is -0.384 e. The lowest BCUT2D eigenvalue weighted by molar-refractivity contribution is 0.483. The Labute approximate surface area is 124 Å². The number of hydrogen-bond donors (Lipinski definition) is 2. The molecule has 4 heteroatoms. The summed E-state index contributed by atoms with van der Waals surface area (Å²) in [7, 11) is 0. The van der Waals surface area contributed by atoms with Gasteiger partial charge in [0.25, 0.3) is 0 Å². The summed E-state index contributed by atoms with van der Waals surface area (Å²) in [5.41, 5.74) is 2.74. The summed E-state index contributed by atoms with van der Waals surface area (Å²) < 4.78 is 0. The molecule has 1 aliphatic heterocycles. The molecule has 20 heavy (non-hydrogen) atoms. The Bertz CT molecular complexity index is 564. The van der Waals surface area contributed by atoms with E-state index in [0.29, 0.717) is 5.92 Å². The minimum atomic E-state index is 0.663. The molecule has 2 aromatic rings. The number of fused-ring (bicyclic) bond motifs is 1. The molecule has 0 saturated carbocycles. The maximum atomic E-state index is 4.45. The van der Waals surface area contributed by atoms with Crippen molar-refractivity contribution in [3.8, 4) is 0 Å². The molecule has 106 valence electrons. The topological polar surface area (TPSA) is 37.0 Å². The zero-order valence-electron chi connectivity index (χ0n) is 11.9. The summed E-state index contributed by atoms with van der Waals surface area (Å²) in [6, 6.07) is 8.61. The largest absolute Gasteiger partial charge is 0.384 e. The molecule has 1 unspecified atom stereocenters. The van der Waals surface area contributed by atoms with Crippen molar-refractivity contribution in [2.24, 2.45) is 5.92 Å². The summed E-state index contributed by atoms with van der Waals surface area (Å²) in [5, 5.41) is 8.27. The zero-order chi connectivity index (χ0) is 13.8. The number of aryl methyl sites for hydroxylation is 1. The van der Waals surface area contributed by atoms with E-state index < -0.39 is 0 Å². The van der Waals surface area contributed by atoms with Crippen molar-refractivity contribution in [3.05, 3.63) is 45.9 Å². The van der Waals surface area contributed by atoms with Crippen LogP contribution in [-0.2, 0) is 19.4 Å². The first-order valence-corrected chi connectivity index (χ1v) is 8.13. The maximum Gasteiger partial charge on any atom is 0.107 e. The zero-order valence-corrected chi connectivity index (χ0v) is 12.7. The second-order valence-electron chi connectivity index (χ2n) is 5.31. The van der Waals surface area contributed by atoms with Crippen LogP contribution in [0.2, 0.25) is 0 Å². The van der Waals surface area contributed by atoms with Gasteiger partial charge in [-0.05, 0) is 30.4 Å². The maximum absolute atomic E-state index is 4.45. The van der Waals surface area contributed by atoms with Crippen LogP contribution in [0.4, 0.5) is 5.69 Å². The summed E-state index contributed by atoms with van der Waals surface area (Å²) in [4.78, 5) is 5.82. The van der Waals surface area contributed by atoms with E-state index in [2.05, 4.69) is 46.8 Å². The first-order valence-electron chi connectivity index (χ1n) is 7.31. The van der Waals surface area contributed by atoms with Gasteiger partial charge in [0.15, 0.2) is 0 Å². The SMILES string of the molecule is CCc1cnc(CNCC2CNc3ccccc3C2)s1. The molecule has 0 radical (unpaired) electrons. The van der Waals surface area contributed by atoms with E-state index in [0.717, 1.165) is 32.5 Å². The van der Waals surface area contributed by atoms with Crippen LogP contribution in [0.5, 0.6) is 0 Å². The summed E-state index contributed by atoms with van der Waals surface area (Å²) >= 11 is 1.82. The molecule has 3 rings (SSSR count). The summed E-state index contributed by atoms with van der Waals surface area (Å²) in [5.74, 6) is 0.663. The van der Waals surface area contributed by atoms with Crippen molar-refractivity contribution in [3.63, 3.8) is 0 Å². The van der Waals surface area contributed by atoms with Crippen LogP contribution >= 0.6 is 11.3 Å². The van der Waals surface area contributed by atoms with Crippen molar-refractivity contribution < 1.29 is 0 Å². The number of nitrogens with zero attached hydrogens (tertiary/aromatic N) is 1. The van der Waals surface area contributed by atoms with Crippen LogP contribution in [0.15, 0.2) is 30.5 Å². The number of anilines is 1. The van der Waals surface area contributed by atoms with E-state index in [9.17, 15) is 0 Å². The van der Waals surface area contributed by atoms with E-state index in [1.807, 2.05) is 17.5 Å². The van der Waals surface area contributed by atoms with E-state index in [4.69, 9.17) is 0 Å². The quantitative estimate of drug-likeness (QED) is 0.887. The normalized spacial score (nSPS) is 17.6. The monoisotopic (exact) mass is 287 g/mol. The molecule has 0 spiro atoms. The highest BCUT2D eigenvalue weighted by molar-refractivity contribution is 7.11. The third-order valence-electron chi connectivity index (χ3n) is 3.77. The number of para-hydroxylation sites is 1. The van der Waals surface area contributed by atoms with E-state index in [1.165, 1.54) is 21.1 Å². The molecule has 2 N–H and O–H groups in total.